The maximum absolute atomic E-state index is 12.3. The molecule has 30 heavy (non-hydrogen) atoms. The number of nitrogens with one attached hydrogen (secondary N) is 3. The van der Waals surface area contributed by atoms with Crippen LogP contribution in [0.4, 0.5) is 23.0 Å². The highest BCUT2D eigenvalue weighted by Crippen LogP contribution is 2.38. The number of aromatic nitrogens is 2. The summed E-state index contributed by atoms with van der Waals surface area (Å²) >= 11 is 12.2. The fraction of sp³-hybridized carbons (Fsp3) is 0.105. The van der Waals surface area contributed by atoms with Crippen LogP contribution in [-0.4, -0.2) is 30.1 Å². The summed E-state index contributed by atoms with van der Waals surface area (Å²) < 4.78 is 10.5. The molecule has 0 saturated carbocycles. The maximum atomic E-state index is 12.3. The Morgan fingerprint density at radius 2 is 1.70 bits per heavy atom. The number of nitrogens with two attached hydrogens (primary N) is 1. The summed E-state index contributed by atoms with van der Waals surface area (Å²) in [5, 5.41) is 3.73. The molecule has 0 aliphatic heterocycles. The van der Waals surface area contributed by atoms with Gasteiger partial charge in [0.1, 0.15) is 23.5 Å². The highest BCUT2D eigenvalue weighted by atomic mass is 35.5. The van der Waals surface area contributed by atoms with E-state index in [9.17, 15) is 4.79 Å². The molecule has 0 spiro atoms. The van der Waals surface area contributed by atoms with Crippen LogP contribution in [0, 0.1) is 0 Å². The normalized spacial score (nSPS) is 10.3. The zero-order chi connectivity index (χ0) is 21.7. The highest BCUT2D eigenvalue weighted by molar-refractivity contribution is 6.33. The predicted octanol–water partition coefficient (Wildman–Crippen LogP) is 3.88. The van der Waals surface area contributed by atoms with Crippen molar-refractivity contribution in [2.24, 2.45) is 0 Å². The smallest absolute Gasteiger partial charge is 0.271 e. The van der Waals surface area contributed by atoms with Gasteiger partial charge in [-0.15, -0.1) is 0 Å². The zero-order valence-corrected chi connectivity index (χ0v) is 17.5. The average molecular weight is 449 g/mol. The molecule has 3 aromatic rings. The fourth-order valence-corrected chi connectivity index (χ4v) is 2.97. The third kappa shape index (κ3) is 4.58. The molecular formula is C19H18Cl2N6O3. The summed E-state index contributed by atoms with van der Waals surface area (Å²) in [5.74, 6) is 0.942. The van der Waals surface area contributed by atoms with Gasteiger partial charge < -0.3 is 20.5 Å². The van der Waals surface area contributed by atoms with Crippen molar-refractivity contribution in [3.05, 3.63) is 58.3 Å². The van der Waals surface area contributed by atoms with Gasteiger partial charge in [0.05, 0.1) is 35.5 Å². The molecule has 1 heterocycles. The van der Waals surface area contributed by atoms with Gasteiger partial charge in [-0.25, -0.2) is 9.97 Å². The fourth-order valence-electron chi connectivity index (χ4n) is 2.51. The Labute approximate surface area is 182 Å². The Kier molecular flexibility index (Phi) is 6.65. The number of halogens is 2. The molecule has 0 saturated heterocycles. The number of hydrogen-bond acceptors (Lipinski definition) is 8. The third-order valence-electron chi connectivity index (χ3n) is 4.02. The summed E-state index contributed by atoms with van der Waals surface area (Å²) in [7, 11) is 3.01. The van der Waals surface area contributed by atoms with Crippen molar-refractivity contribution in [1.29, 1.82) is 0 Å². The minimum Gasteiger partial charge on any atom is -0.495 e. The number of ether oxygens (including phenoxy) is 2. The molecule has 0 unspecified atom stereocenters. The molecule has 2 aromatic carbocycles. The number of carbonyl (C=O) groups is 1. The summed E-state index contributed by atoms with van der Waals surface area (Å²) in [6.07, 6.45) is 1.28. The van der Waals surface area contributed by atoms with E-state index in [0.717, 1.165) is 0 Å². The Hall–Kier alpha value is -3.43. The van der Waals surface area contributed by atoms with Gasteiger partial charge in [0.2, 0.25) is 0 Å². The van der Waals surface area contributed by atoms with Crippen molar-refractivity contribution in [2.75, 3.05) is 30.7 Å². The summed E-state index contributed by atoms with van der Waals surface area (Å²) in [6.45, 7) is 0. The van der Waals surface area contributed by atoms with E-state index < -0.39 is 5.91 Å². The Balaban J connectivity index is 1.80. The van der Waals surface area contributed by atoms with E-state index in [2.05, 4.69) is 26.1 Å². The molecule has 0 aliphatic carbocycles. The number of hydrazine groups is 1. The molecule has 3 rings (SSSR count). The van der Waals surface area contributed by atoms with E-state index in [1.807, 2.05) is 0 Å². The van der Waals surface area contributed by atoms with Crippen LogP contribution in [0.5, 0.6) is 11.5 Å². The molecule has 9 nitrogen and oxygen atoms in total. The van der Waals surface area contributed by atoms with Crippen molar-refractivity contribution in [2.45, 2.75) is 0 Å². The molecule has 156 valence electrons. The number of amides is 1. The van der Waals surface area contributed by atoms with Crippen LogP contribution in [0.15, 0.2) is 42.7 Å². The second-order valence-corrected chi connectivity index (χ2v) is 6.67. The van der Waals surface area contributed by atoms with E-state index in [1.165, 1.54) is 20.5 Å². The summed E-state index contributed by atoms with van der Waals surface area (Å²) in [6, 6.07) is 9.89. The molecule has 5 N–H and O–H groups in total. The molecule has 1 amide bonds. The van der Waals surface area contributed by atoms with Crippen molar-refractivity contribution in [3.8, 4) is 11.5 Å². The van der Waals surface area contributed by atoms with E-state index >= 15 is 0 Å². The number of benzene rings is 2. The largest absolute Gasteiger partial charge is 0.495 e. The van der Waals surface area contributed by atoms with E-state index in [4.69, 9.17) is 38.4 Å². The SMILES string of the molecule is COc1cc(OC)c(Nc2ncnc(NNC(=O)c3ccccc3Cl)c2N)cc1Cl. The molecule has 0 radical (unpaired) electrons. The van der Waals surface area contributed by atoms with Gasteiger partial charge in [-0.1, -0.05) is 35.3 Å². The minimum absolute atomic E-state index is 0.158. The van der Waals surface area contributed by atoms with Gasteiger partial charge in [0, 0.05) is 6.07 Å². The number of carbonyl (C=O) groups excluding carboxylic acids is 1. The minimum atomic E-state index is -0.447. The monoisotopic (exact) mass is 448 g/mol. The quantitative estimate of drug-likeness (QED) is 0.401. The van der Waals surface area contributed by atoms with Crippen LogP contribution in [0.1, 0.15) is 10.4 Å². The lowest BCUT2D eigenvalue weighted by Crippen LogP contribution is -2.30. The van der Waals surface area contributed by atoms with Crippen LogP contribution >= 0.6 is 23.2 Å². The topological polar surface area (TPSA) is 123 Å². The van der Waals surface area contributed by atoms with Gasteiger partial charge in [0.15, 0.2) is 11.6 Å². The van der Waals surface area contributed by atoms with Crippen LogP contribution < -0.4 is 31.4 Å². The molecule has 11 heteroatoms. The second kappa shape index (κ2) is 9.38. The average Bonchev–Trinajstić information content (AvgIpc) is 2.74. The lowest BCUT2D eigenvalue weighted by Gasteiger charge is -2.16. The number of hydrogen-bond donors (Lipinski definition) is 4. The van der Waals surface area contributed by atoms with Gasteiger partial charge in [-0.2, -0.15) is 0 Å². The van der Waals surface area contributed by atoms with E-state index in [0.29, 0.717) is 32.8 Å². The van der Waals surface area contributed by atoms with Gasteiger partial charge in [0.25, 0.3) is 5.91 Å². The van der Waals surface area contributed by atoms with Crippen molar-refractivity contribution in [1.82, 2.24) is 15.4 Å². The van der Waals surface area contributed by atoms with Crippen LogP contribution in [0.25, 0.3) is 0 Å². The molecule has 0 bridgehead atoms. The lowest BCUT2D eigenvalue weighted by atomic mass is 10.2. The van der Waals surface area contributed by atoms with Crippen LogP contribution in [0.3, 0.4) is 0 Å². The molecular weight excluding hydrogens is 431 g/mol. The van der Waals surface area contributed by atoms with Crippen molar-refractivity contribution >= 4 is 52.1 Å². The molecule has 1 aromatic heterocycles. The maximum Gasteiger partial charge on any atom is 0.271 e. The summed E-state index contributed by atoms with van der Waals surface area (Å²) in [4.78, 5) is 20.5. The van der Waals surface area contributed by atoms with Crippen molar-refractivity contribution < 1.29 is 14.3 Å². The predicted molar refractivity (Wildman–Crippen MR) is 117 cm³/mol. The molecule has 0 aliphatic rings. The highest BCUT2D eigenvalue weighted by Gasteiger charge is 2.15. The second-order valence-electron chi connectivity index (χ2n) is 5.86. The first-order valence-corrected chi connectivity index (χ1v) is 9.30. The number of rotatable bonds is 7. The summed E-state index contributed by atoms with van der Waals surface area (Å²) in [5.41, 5.74) is 12.3. The Bertz CT molecular complexity index is 1080. The Morgan fingerprint density at radius 3 is 2.40 bits per heavy atom. The number of nitrogens with zero attached hydrogens (tertiary/aromatic N) is 2. The first-order chi connectivity index (χ1) is 14.4. The lowest BCUT2D eigenvalue weighted by molar-refractivity contribution is 0.0962. The third-order valence-corrected chi connectivity index (χ3v) is 4.65. The van der Waals surface area contributed by atoms with E-state index in [1.54, 1.807) is 36.4 Å². The van der Waals surface area contributed by atoms with Gasteiger partial charge >= 0.3 is 0 Å². The van der Waals surface area contributed by atoms with Crippen LogP contribution in [-0.2, 0) is 0 Å². The number of nitrogen functional groups attached to an aromatic ring is 1. The standard InChI is InChI=1S/C19H18Cl2N6O3/c1-29-14-8-15(30-2)13(7-12(14)21)25-17-16(22)18(24-9-23-17)26-27-19(28)10-5-3-4-6-11(10)20/h3-9H,22H2,1-2H3,(H,27,28)(H2,23,24,25,26). The van der Waals surface area contributed by atoms with Crippen LogP contribution in [0.2, 0.25) is 10.0 Å². The molecule has 0 atom stereocenters. The Morgan fingerprint density at radius 1 is 1.00 bits per heavy atom. The van der Waals surface area contributed by atoms with Gasteiger partial charge in [-0.3, -0.25) is 15.6 Å². The number of anilines is 4. The zero-order valence-electron chi connectivity index (χ0n) is 16.0. The van der Waals surface area contributed by atoms with Gasteiger partial charge in [-0.05, 0) is 18.2 Å². The number of methoxy groups -OCH3 is 2. The first-order valence-electron chi connectivity index (χ1n) is 8.54. The van der Waals surface area contributed by atoms with E-state index in [-0.39, 0.29) is 17.3 Å². The molecule has 0 fully saturated rings. The van der Waals surface area contributed by atoms with Crippen molar-refractivity contribution in [3.63, 3.8) is 0 Å². The first kappa shape index (κ1) is 21.3.